The summed E-state index contributed by atoms with van der Waals surface area (Å²) in [6.07, 6.45) is 9.59. The van der Waals surface area contributed by atoms with Crippen molar-refractivity contribution in [2.75, 3.05) is 5.32 Å². The molecule has 3 aromatic heterocycles. The number of benzene rings is 1. The van der Waals surface area contributed by atoms with Crippen LogP contribution in [0.4, 0.5) is 5.69 Å². The first-order valence-corrected chi connectivity index (χ1v) is 7.95. The number of hydrogen-bond donors (Lipinski definition) is 1. The first-order valence-electron chi connectivity index (χ1n) is 7.95. The molecule has 1 N–H and O–H groups in total. The summed E-state index contributed by atoms with van der Waals surface area (Å²) in [5.74, 6) is 1.87. The van der Waals surface area contributed by atoms with Crippen molar-refractivity contribution < 1.29 is 4.74 Å². The topological polar surface area (TPSA) is 90.6 Å². The van der Waals surface area contributed by atoms with E-state index in [-0.39, 0.29) is 0 Å². The molecule has 0 saturated carbocycles. The van der Waals surface area contributed by atoms with Crippen molar-refractivity contribution in [1.29, 1.82) is 0 Å². The van der Waals surface area contributed by atoms with Gasteiger partial charge < -0.3 is 10.1 Å². The van der Waals surface area contributed by atoms with Crippen LogP contribution in [-0.2, 0) is 6.54 Å². The Morgan fingerprint density at radius 3 is 2.65 bits per heavy atom. The average molecular weight is 345 g/mol. The second kappa shape index (κ2) is 7.39. The summed E-state index contributed by atoms with van der Waals surface area (Å²) in [7, 11) is 0. The molecule has 0 amide bonds. The molecule has 0 aliphatic rings. The van der Waals surface area contributed by atoms with Crippen molar-refractivity contribution in [3.05, 3.63) is 79.4 Å². The molecule has 0 aliphatic carbocycles. The lowest BCUT2D eigenvalue weighted by molar-refractivity contribution is 0.460. The van der Waals surface area contributed by atoms with E-state index in [1.165, 1.54) is 6.33 Å². The molecular formula is C18H15N7O. The second-order valence-electron chi connectivity index (χ2n) is 5.36. The molecule has 26 heavy (non-hydrogen) atoms. The van der Waals surface area contributed by atoms with Crippen molar-refractivity contribution in [2.45, 2.75) is 6.54 Å². The van der Waals surface area contributed by atoms with Gasteiger partial charge in [-0.25, -0.2) is 19.6 Å². The highest BCUT2D eigenvalue weighted by molar-refractivity contribution is 5.56. The molecule has 1 aromatic carbocycles. The quantitative estimate of drug-likeness (QED) is 0.574. The van der Waals surface area contributed by atoms with Gasteiger partial charge >= 0.3 is 0 Å². The lowest BCUT2D eigenvalue weighted by Crippen LogP contribution is -2.06. The fraction of sp³-hybridized carbons (Fsp3) is 0.0556. The van der Waals surface area contributed by atoms with Crippen LogP contribution in [0.1, 0.15) is 5.56 Å². The van der Waals surface area contributed by atoms with E-state index < -0.39 is 0 Å². The van der Waals surface area contributed by atoms with Crippen LogP contribution in [0.2, 0.25) is 0 Å². The van der Waals surface area contributed by atoms with E-state index in [4.69, 9.17) is 4.74 Å². The molecular weight excluding hydrogens is 330 g/mol. The summed E-state index contributed by atoms with van der Waals surface area (Å²) in [4.78, 5) is 16.4. The number of rotatable bonds is 6. The first kappa shape index (κ1) is 15.7. The number of aromatic nitrogens is 6. The zero-order valence-corrected chi connectivity index (χ0v) is 13.7. The van der Waals surface area contributed by atoms with Crippen LogP contribution in [0, 0.1) is 0 Å². The summed E-state index contributed by atoms with van der Waals surface area (Å²) in [6.45, 7) is 0.638. The first-order chi connectivity index (χ1) is 12.9. The van der Waals surface area contributed by atoms with Crippen molar-refractivity contribution >= 4 is 5.69 Å². The van der Waals surface area contributed by atoms with Crippen LogP contribution in [0.15, 0.2) is 73.8 Å². The van der Waals surface area contributed by atoms with Crippen molar-refractivity contribution in [3.63, 3.8) is 0 Å². The minimum atomic E-state index is 0.464. The molecule has 0 bridgehead atoms. The van der Waals surface area contributed by atoms with E-state index in [9.17, 15) is 0 Å². The van der Waals surface area contributed by atoms with E-state index in [2.05, 4.69) is 30.4 Å². The molecule has 0 saturated heterocycles. The maximum absolute atomic E-state index is 5.64. The maximum Gasteiger partial charge on any atom is 0.237 e. The zero-order valence-electron chi connectivity index (χ0n) is 13.7. The average Bonchev–Trinajstić information content (AvgIpc) is 3.23. The van der Waals surface area contributed by atoms with Crippen LogP contribution in [0.25, 0.3) is 5.82 Å². The van der Waals surface area contributed by atoms with E-state index in [0.29, 0.717) is 24.0 Å². The predicted molar refractivity (Wildman–Crippen MR) is 95.0 cm³/mol. The number of anilines is 1. The molecule has 0 fully saturated rings. The van der Waals surface area contributed by atoms with Gasteiger partial charge in [-0.3, -0.25) is 4.98 Å². The largest absolute Gasteiger partial charge is 0.438 e. The van der Waals surface area contributed by atoms with Gasteiger partial charge in [-0.15, -0.1) is 0 Å². The minimum Gasteiger partial charge on any atom is -0.438 e. The van der Waals surface area contributed by atoms with Gasteiger partial charge in [0, 0.05) is 25.1 Å². The van der Waals surface area contributed by atoms with Crippen molar-refractivity contribution in [1.82, 2.24) is 29.7 Å². The third kappa shape index (κ3) is 3.64. The SMILES string of the molecule is c1cnc(-n2cncn2)c(NCc2ccc(Oc3cnccn3)cc2)c1. The molecule has 4 aromatic rings. The number of nitrogens with zero attached hydrogens (tertiary/aromatic N) is 6. The third-order valence-electron chi connectivity index (χ3n) is 3.59. The molecule has 0 spiro atoms. The Hall–Kier alpha value is -3.81. The molecule has 128 valence electrons. The minimum absolute atomic E-state index is 0.464. The molecule has 0 aliphatic heterocycles. The van der Waals surface area contributed by atoms with Gasteiger partial charge in [0.1, 0.15) is 18.4 Å². The molecule has 0 atom stereocenters. The molecule has 8 heteroatoms. The van der Waals surface area contributed by atoms with E-state index in [0.717, 1.165) is 11.3 Å². The van der Waals surface area contributed by atoms with Gasteiger partial charge in [0.15, 0.2) is 5.82 Å². The molecule has 0 unspecified atom stereocenters. The Balaban J connectivity index is 1.43. The fourth-order valence-electron chi connectivity index (χ4n) is 2.37. The highest BCUT2D eigenvalue weighted by atomic mass is 16.5. The van der Waals surface area contributed by atoms with Gasteiger partial charge in [-0.05, 0) is 29.8 Å². The monoisotopic (exact) mass is 345 g/mol. The summed E-state index contributed by atoms with van der Waals surface area (Å²) in [6, 6.07) is 11.6. The summed E-state index contributed by atoms with van der Waals surface area (Å²) in [5.41, 5.74) is 1.97. The Morgan fingerprint density at radius 1 is 0.962 bits per heavy atom. The van der Waals surface area contributed by atoms with E-state index in [1.54, 1.807) is 35.8 Å². The Morgan fingerprint density at radius 2 is 1.88 bits per heavy atom. The summed E-state index contributed by atoms with van der Waals surface area (Å²) >= 11 is 0. The van der Waals surface area contributed by atoms with Crippen LogP contribution < -0.4 is 10.1 Å². The van der Waals surface area contributed by atoms with E-state index in [1.807, 2.05) is 36.4 Å². The number of nitrogens with one attached hydrogen (secondary N) is 1. The number of pyridine rings is 1. The maximum atomic E-state index is 5.64. The third-order valence-corrected chi connectivity index (χ3v) is 3.59. The van der Waals surface area contributed by atoms with Crippen LogP contribution >= 0.6 is 0 Å². The standard InChI is InChI=1S/C18H15N7O/c1-2-16(18(22-7-1)25-13-20-12-24-25)23-10-14-3-5-15(6-4-14)26-17-11-19-8-9-21-17/h1-9,11-13,23H,10H2. The van der Waals surface area contributed by atoms with E-state index >= 15 is 0 Å². The zero-order chi connectivity index (χ0) is 17.6. The normalized spacial score (nSPS) is 10.5. The molecule has 4 rings (SSSR count). The highest BCUT2D eigenvalue weighted by Gasteiger charge is 2.06. The Labute approximate surface area is 149 Å². The Kier molecular flexibility index (Phi) is 4.46. The second-order valence-corrected chi connectivity index (χ2v) is 5.36. The summed E-state index contributed by atoms with van der Waals surface area (Å²) in [5, 5.41) is 7.50. The molecule has 3 heterocycles. The highest BCUT2D eigenvalue weighted by Crippen LogP contribution is 2.20. The molecule has 0 radical (unpaired) electrons. The smallest absolute Gasteiger partial charge is 0.237 e. The fourth-order valence-corrected chi connectivity index (χ4v) is 2.37. The van der Waals surface area contributed by atoms with Gasteiger partial charge in [0.05, 0.1) is 11.9 Å². The van der Waals surface area contributed by atoms with Gasteiger partial charge in [-0.2, -0.15) is 5.10 Å². The van der Waals surface area contributed by atoms with Crippen LogP contribution in [0.3, 0.4) is 0 Å². The summed E-state index contributed by atoms with van der Waals surface area (Å²) < 4.78 is 7.27. The predicted octanol–water partition coefficient (Wildman–Crippen LogP) is 2.86. The van der Waals surface area contributed by atoms with Gasteiger partial charge in [0.2, 0.25) is 5.88 Å². The van der Waals surface area contributed by atoms with Gasteiger partial charge in [0.25, 0.3) is 0 Å². The molecule has 8 nitrogen and oxygen atoms in total. The van der Waals surface area contributed by atoms with Crippen molar-refractivity contribution in [3.8, 4) is 17.4 Å². The number of hydrogen-bond acceptors (Lipinski definition) is 7. The van der Waals surface area contributed by atoms with Crippen LogP contribution in [0.5, 0.6) is 11.6 Å². The Bertz CT molecular complexity index is 957. The van der Waals surface area contributed by atoms with Crippen molar-refractivity contribution in [2.24, 2.45) is 0 Å². The lowest BCUT2D eigenvalue weighted by atomic mass is 10.2. The lowest BCUT2D eigenvalue weighted by Gasteiger charge is -2.11. The van der Waals surface area contributed by atoms with Gasteiger partial charge in [-0.1, -0.05) is 12.1 Å². The van der Waals surface area contributed by atoms with Crippen LogP contribution in [-0.4, -0.2) is 29.7 Å². The number of ether oxygens (including phenoxy) is 1.